The summed E-state index contributed by atoms with van der Waals surface area (Å²) in [5, 5.41) is -1.36. The van der Waals surface area contributed by atoms with Crippen LogP contribution in [0, 0.1) is 0 Å². The third-order valence-corrected chi connectivity index (χ3v) is 6.06. The van der Waals surface area contributed by atoms with Crippen molar-refractivity contribution in [1.29, 1.82) is 0 Å². The van der Waals surface area contributed by atoms with E-state index in [2.05, 4.69) is 6.58 Å². The Bertz CT molecular complexity index is 1000. The first-order valence-electron chi connectivity index (χ1n) is 9.50. The average molecular weight is 698 g/mol. The molecule has 0 aliphatic heterocycles. The molecule has 0 aliphatic carbocycles. The van der Waals surface area contributed by atoms with Crippen LogP contribution in [0.3, 0.4) is 0 Å². The molecule has 0 aromatic heterocycles. The highest BCUT2D eigenvalue weighted by Gasteiger charge is 2.99. The van der Waals surface area contributed by atoms with Gasteiger partial charge < -0.3 is 0 Å². The number of hydrogen-bond donors (Lipinski definition) is 0. The molecule has 0 spiro atoms. The molecule has 0 N–H and O–H groups in total. The van der Waals surface area contributed by atoms with E-state index in [0.717, 1.165) is 6.92 Å². The molecule has 0 aromatic carbocycles. The maximum absolute atomic E-state index is 13.8. The van der Waals surface area contributed by atoms with Gasteiger partial charge in [-0.2, -0.15) is 96.6 Å². The molecule has 42 heavy (non-hydrogen) atoms. The van der Waals surface area contributed by atoms with E-state index in [1.807, 2.05) is 0 Å². The fraction of sp³-hybridized carbons (Fsp3) is 0.824. The standard InChI is InChI=1S/C17H9F23OS/c1-5(2)6(41)42-4-3-7(18,19)9(21,22)11(25,26)13(29,30)15(33,34)14(31,32)12(27,28)10(23,24)8(20,16(35,36)37)17(38,39)40/h1,3-4H2,2H3. The minimum absolute atomic E-state index is 0.486. The molecule has 1 nitrogen and oxygen atoms in total. The Morgan fingerprint density at radius 1 is 0.500 bits per heavy atom. The Kier molecular flexibility index (Phi) is 10.2. The van der Waals surface area contributed by atoms with Crippen LogP contribution in [-0.2, 0) is 4.79 Å². The summed E-state index contributed by atoms with van der Waals surface area (Å²) in [6.07, 6.45) is -20.0. The highest BCUT2D eigenvalue weighted by atomic mass is 32.2. The lowest BCUT2D eigenvalue weighted by molar-refractivity contribution is -0.481. The third kappa shape index (κ3) is 5.36. The van der Waals surface area contributed by atoms with Crippen molar-refractivity contribution in [2.24, 2.45) is 0 Å². The third-order valence-electron chi connectivity index (χ3n) is 5.04. The summed E-state index contributed by atoms with van der Waals surface area (Å²) in [7, 11) is 0. The van der Waals surface area contributed by atoms with Gasteiger partial charge in [0.15, 0.2) is 0 Å². The molecule has 0 amide bonds. The minimum atomic E-state index is -9.49. The van der Waals surface area contributed by atoms with E-state index >= 15 is 0 Å². The summed E-state index contributed by atoms with van der Waals surface area (Å²) < 4.78 is 307. The Morgan fingerprint density at radius 2 is 0.762 bits per heavy atom. The molecule has 0 fully saturated rings. The molecule has 0 bridgehead atoms. The van der Waals surface area contributed by atoms with Gasteiger partial charge in [-0.3, -0.25) is 4.79 Å². The van der Waals surface area contributed by atoms with E-state index in [1.165, 1.54) is 0 Å². The summed E-state index contributed by atoms with van der Waals surface area (Å²) >= 11 is -0.486. The van der Waals surface area contributed by atoms with Crippen LogP contribution in [-0.4, -0.2) is 76.3 Å². The molecular formula is C17H9F23OS. The van der Waals surface area contributed by atoms with Gasteiger partial charge in [-0.25, -0.2) is 4.39 Å². The molecule has 0 saturated carbocycles. The van der Waals surface area contributed by atoms with Crippen LogP contribution >= 0.6 is 11.8 Å². The van der Waals surface area contributed by atoms with E-state index in [9.17, 15) is 106 Å². The second kappa shape index (κ2) is 10.6. The Balaban J connectivity index is 7.07. The molecule has 0 unspecified atom stereocenters. The molecule has 0 radical (unpaired) electrons. The maximum Gasteiger partial charge on any atom is 0.438 e. The lowest BCUT2D eigenvalue weighted by atomic mass is 9.82. The maximum atomic E-state index is 13.8. The molecule has 0 heterocycles. The molecule has 0 atom stereocenters. The summed E-state index contributed by atoms with van der Waals surface area (Å²) in [5.41, 5.74) is -9.58. The lowest BCUT2D eigenvalue weighted by Crippen LogP contribution is -2.79. The van der Waals surface area contributed by atoms with Crippen molar-refractivity contribution < 1.29 is 106 Å². The van der Waals surface area contributed by atoms with Gasteiger partial charge in [-0.1, -0.05) is 18.3 Å². The largest absolute Gasteiger partial charge is 0.438 e. The second-order valence-electron chi connectivity index (χ2n) is 8.05. The van der Waals surface area contributed by atoms with Gasteiger partial charge in [0.1, 0.15) is 0 Å². The predicted molar refractivity (Wildman–Crippen MR) is 92.4 cm³/mol. The van der Waals surface area contributed by atoms with Crippen LogP contribution in [0.4, 0.5) is 101 Å². The second-order valence-corrected chi connectivity index (χ2v) is 9.11. The van der Waals surface area contributed by atoms with Crippen molar-refractivity contribution in [3.63, 3.8) is 0 Å². The number of carbonyl (C=O) groups excluding carboxylic acids is 1. The van der Waals surface area contributed by atoms with Crippen molar-refractivity contribution in [3.05, 3.63) is 12.2 Å². The number of thioether (sulfide) groups is 1. The quantitative estimate of drug-likeness (QED) is 0.150. The van der Waals surface area contributed by atoms with Crippen LogP contribution in [0.1, 0.15) is 13.3 Å². The van der Waals surface area contributed by atoms with Gasteiger partial charge in [0.05, 0.1) is 0 Å². The number of rotatable bonds is 12. The van der Waals surface area contributed by atoms with Gasteiger partial charge in [-0.05, 0) is 12.5 Å². The summed E-state index contributed by atoms with van der Waals surface area (Å²) in [4.78, 5) is 11.1. The van der Waals surface area contributed by atoms with Gasteiger partial charge in [-0.15, -0.1) is 0 Å². The zero-order valence-electron chi connectivity index (χ0n) is 19.1. The SMILES string of the molecule is C=C(C)C(=O)SCCC(F)(F)C(F)(F)C(F)(F)C(F)(F)C(F)(F)C(F)(F)C(F)(F)C(F)(F)C(F)(C(F)(F)F)C(F)(F)F. The Morgan fingerprint density at radius 3 is 1.02 bits per heavy atom. The van der Waals surface area contributed by atoms with Crippen molar-refractivity contribution in [3.8, 4) is 0 Å². The number of hydrogen-bond acceptors (Lipinski definition) is 2. The topological polar surface area (TPSA) is 17.1 Å². The van der Waals surface area contributed by atoms with Gasteiger partial charge >= 0.3 is 65.4 Å². The summed E-state index contributed by atoms with van der Waals surface area (Å²) in [5.74, 6) is -72.4. The Labute approximate surface area is 220 Å². The molecule has 0 aromatic rings. The van der Waals surface area contributed by atoms with Crippen molar-refractivity contribution >= 4 is 16.9 Å². The van der Waals surface area contributed by atoms with Gasteiger partial charge in [0.25, 0.3) is 0 Å². The van der Waals surface area contributed by atoms with Crippen molar-refractivity contribution in [2.45, 2.75) is 78.7 Å². The summed E-state index contributed by atoms with van der Waals surface area (Å²) in [6, 6.07) is 0. The van der Waals surface area contributed by atoms with Gasteiger partial charge in [0.2, 0.25) is 5.12 Å². The molecule has 0 rings (SSSR count). The van der Waals surface area contributed by atoms with Crippen LogP contribution in [0.25, 0.3) is 0 Å². The van der Waals surface area contributed by atoms with E-state index in [1.54, 1.807) is 0 Å². The predicted octanol–water partition coefficient (Wildman–Crippen LogP) is 9.13. The fourth-order valence-electron chi connectivity index (χ4n) is 2.50. The van der Waals surface area contributed by atoms with E-state index in [0.29, 0.717) is 0 Å². The molecule has 0 aliphatic rings. The Hall–Kier alpha value is -1.85. The molecule has 25 heteroatoms. The number of halogens is 23. The zero-order chi connectivity index (χ0) is 34.8. The highest BCUT2D eigenvalue weighted by Crippen LogP contribution is 2.67. The molecular weight excluding hydrogens is 689 g/mol. The monoisotopic (exact) mass is 698 g/mol. The van der Waals surface area contributed by atoms with Crippen LogP contribution in [0.2, 0.25) is 0 Å². The first kappa shape index (κ1) is 40.1. The summed E-state index contributed by atoms with van der Waals surface area (Å²) in [6.45, 7) is 3.72. The first-order valence-corrected chi connectivity index (χ1v) is 10.5. The lowest BCUT2D eigenvalue weighted by Gasteiger charge is -2.46. The average Bonchev–Trinajstić information content (AvgIpc) is 2.75. The fourth-order valence-corrected chi connectivity index (χ4v) is 3.29. The zero-order valence-corrected chi connectivity index (χ0v) is 19.9. The van der Waals surface area contributed by atoms with E-state index < -0.39 is 100 Å². The van der Waals surface area contributed by atoms with E-state index in [4.69, 9.17) is 0 Å². The van der Waals surface area contributed by atoms with Crippen molar-refractivity contribution in [2.75, 3.05) is 5.75 Å². The van der Waals surface area contributed by atoms with Crippen LogP contribution in [0.15, 0.2) is 12.2 Å². The number of alkyl halides is 23. The molecule has 250 valence electrons. The smallest absolute Gasteiger partial charge is 0.282 e. The first-order chi connectivity index (χ1) is 17.8. The van der Waals surface area contributed by atoms with Crippen LogP contribution in [0.5, 0.6) is 0 Å². The van der Waals surface area contributed by atoms with Crippen molar-refractivity contribution in [1.82, 2.24) is 0 Å². The molecule has 0 saturated heterocycles. The van der Waals surface area contributed by atoms with Gasteiger partial charge in [0, 0.05) is 12.2 Å². The number of carbonyl (C=O) groups is 1. The highest BCUT2D eigenvalue weighted by molar-refractivity contribution is 8.14. The van der Waals surface area contributed by atoms with Crippen LogP contribution < -0.4 is 0 Å². The van der Waals surface area contributed by atoms with E-state index in [-0.39, 0.29) is 0 Å². The normalized spacial score (nSPS) is 16.1. The minimum Gasteiger partial charge on any atom is -0.282 e.